The van der Waals surface area contributed by atoms with Crippen molar-refractivity contribution in [2.45, 2.75) is 19.4 Å². The van der Waals surface area contributed by atoms with Gasteiger partial charge >= 0.3 is 5.97 Å². The maximum Gasteiger partial charge on any atom is 0.310 e. The Kier molecular flexibility index (Phi) is 6.28. The quantitative estimate of drug-likeness (QED) is 0.789. The van der Waals surface area contributed by atoms with E-state index in [1.165, 1.54) is 7.11 Å². The first-order chi connectivity index (χ1) is 12.0. The van der Waals surface area contributed by atoms with Crippen molar-refractivity contribution >= 4 is 23.5 Å². The average molecular weight is 340 g/mol. The number of carbonyl (C=O) groups excluding carboxylic acids is 3. The summed E-state index contributed by atoms with van der Waals surface area (Å²) in [5, 5.41) is 5.37. The van der Waals surface area contributed by atoms with Crippen molar-refractivity contribution < 1.29 is 19.1 Å². The lowest BCUT2D eigenvalue weighted by molar-refractivity contribution is -0.139. The molecule has 2 rings (SSSR count). The number of hydrogen-bond acceptors (Lipinski definition) is 4. The van der Waals surface area contributed by atoms with Crippen molar-refractivity contribution in [1.29, 1.82) is 0 Å². The van der Waals surface area contributed by atoms with E-state index in [0.717, 1.165) is 0 Å². The molecule has 0 saturated heterocycles. The molecule has 2 amide bonds. The summed E-state index contributed by atoms with van der Waals surface area (Å²) in [6, 6.07) is 15.0. The summed E-state index contributed by atoms with van der Waals surface area (Å²) in [4.78, 5) is 36.1. The molecule has 0 heterocycles. The number of benzene rings is 2. The van der Waals surface area contributed by atoms with Gasteiger partial charge in [-0.3, -0.25) is 14.4 Å². The topological polar surface area (TPSA) is 84.5 Å². The lowest BCUT2D eigenvalue weighted by atomic mass is 10.0. The number of carbonyl (C=O) groups is 3. The number of ether oxygens (including phenoxy) is 1. The highest BCUT2D eigenvalue weighted by atomic mass is 16.5. The van der Waals surface area contributed by atoms with Gasteiger partial charge in [0.2, 0.25) is 5.91 Å². The molecular weight excluding hydrogens is 320 g/mol. The molecule has 25 heavy (non-hydrogen) atoms. The Morgan fingerprint density at radius 2 is 1.64 bits per heavy atom. The first kappa shape index (κ1) is 18.2. The van der Waals surface area contributed by atoms with Gasteiger partial charge < -0.3 is 15.4 Å². The van der Waals surface area contributed by atoms with E-state index in [4.69, 9.17) is 0 Å². The molecule has 0 unspecified atom stereocenters. The van der Waals surface area contributed by atoms with Crippen molar-refractivity contribution in [3.05, 3.63) is 65.7 Å². The zero-order chi connectivity index (χ0) is 18.2. The molecule has 0 aliphatic rings. The zero-order valence-corrected chi connectivity index (χ0v) is 14.1. The lowest BCUT2D eigenvalue weighted by Crippen LogP contribution is -2.41. The molecule has 2 aromatic carbocycles. The Morgan fingerprint density at radius 3 is 2.32 bits per heavy atom. The van der Waals surface area contributed by atoms with E-state index in [9.17, 15) is 14.4 Å². The highest BCUT2D eigenvalue weighted by Crippen LogP contribution is 2.11. The summed E-state index contributed by atoms with van der Waals surface area (Å²) in [5.41, 5.74) is 1.54. The van der Waals surface area contributed by atoms with Crippen LogP contribution in [0.2, 0.25) is 0 Å². The number of esters is 1. The average Bonchev–Trinajstić information content (AvgIpc) is 2.62. The normalized spacial score (nSPS) is 11.3. The molecule has 0 radical (unpaired) electrons. The maximum atomic E-state index is 12.5. The molecule has 2 N–H and O–H groups in total. The molecule has 0 aliphatic heterocycles. The van der Waals surface area contributed by atoms with Crippen molar-refractivity contribution in [2.75, 3.05) is 12.4 Å². The Hall–Kier alpha value is -3.15. The van der Waals surface area contributed by atoms with Crippen LogP contribution in [0.5, 0.6) is 0 Å². The number of methoxy groups -OCH3 is 1. The highest BCUT2D eigenvalue weighted by Gasteiger charge is 2.19. The molecule has 2 aromatic rings. The molecule has 0 fully saturated rings. The molecule has 0 spiro atoms. The second-order valence-electron chi connectivity index (χ2n) is 5.46. The standard InChI is InChI=1S/C19H20N2O4/c1-13(18(23)21-15-9-4-3-5-10-15)20-19(24)16-11-7-6-8-14(16)12-17(22)25-2/h3-11,13H,12H2,1-2H3,(H,20,24)(H,21,23)/t13-/m0/s1. The Bertz CT molecular complexity index is 759. The first-order valence-electron chi connectivity index (χ1n) is 7.82. The van der Waals surface area contributed by atoms with Gasteiger partial charge in [-0.2, -0.15) is 0 Å². The second-order valence-corrected chi connectivity index (χ2v) is 5.46. The van der Waals surface area contributed by atoms with Gasteiger partial charge in [0.25, 0.3) is 5.91 Å². The smallest absolute Gasteiger partial charge is 0.310 e. The summed E-state index contributed by atoms with van der Waals surface area (Å²) < 4.78 is 4.64. The first-order valence-corrected chi connectivity index (χ1v) is 7.82. The van der Waals surface area contributed by atoms with Crippen LogP contribution in [0.15, 0.2) is 54.6 Å². The second kappa shape index (κ2) is 8.63. The fourth-order valence-corrected chi connectivity index (χ4v) is 2.24. The summed E-state index contributed by atoms with van der Waals surface area (Å²) in [6.45, 7) is 1.60. The monoisotopic (exact) mass is 340 g/mol. The van der Waals surface area contributed by atoms with Crippen molar-refractivity contribution in [1.82, 2.24) is 5.32 Å². The SMILES string of the molecule is COC(=O)Cc1ccccc1C(=O)N[C@@H](C)C(=O)Nc1ccccc1. The third-order valence-corrected chi connectivity index (χ3v) is 3.61. The molecule has 6 heteroatoms. The van der Waals surface area contributed by atoms with E-state index in [2.05, 4.69) is 15.4 Å². The number of amides is 2. The Labute approximate surface area is 146 Å². The molecule has 0 aliphatic carbocycles. The minimum atomic E-state index is -0.737. The van der Waals surface area contributed by atoms with Gasteiger partial charge in [0.05, 0.1) is 13.5 Å². The number of rotatable bonds is 6. The molecule has 0 bridgehead atoms. The van der Waals surface area contributed by atoms with E-state index < -0.39 is 17.9 Å². The molecule has 130 valence electrons. The molecule has 0 aromatic heterocycles. The maximum absolute atomic E-state index is 12.5. The Balaban J connectivity index is 2.04. The van der Waals surface area contributed by atoms with Gasteiger partial charge in [0, 0.05) is 11.3 Å². The van der Waals surface area contributed by atoms with Crippen LogP contribution in [-0.2, 0) is 20.7 Å². The van der Waals surface area contributed by atoms with Gasteiger partial charge in [-0.1, -0.05) is 36.4 Å². The third kappa shape index (κ3) is 5.17. The molecule has 1 atom stereocenters. The predicted octanol–water partition coefficient (Wildman–Crippen LogP) is 2.16. The number of nitrogens with one attached hydrogen (secondary N) is 2. The predicted molar refractivity (Wildman–Crippen MR) is 94.2 cm³/mol. The molecular formula is C19H20N2O4. The summed E-state index contributed by atoms with van der Waals surface area (Å²) in [5.74, 6) is -1.18. The summed E-state index contributed by atoms with van der Waals surface area (Å²) in [7, 11) is 1.29. The fraction of sp³-hybridized carbons (Fsp3) is 0.211. The summed E-state index contributed by atoms with van der Waals surface area (Å²) >= 11 is 0. The zero-order valence-electron chi connectivity index (χ0n) is 14.1. The van der Waals surface area contributed by atoms with Gasteiger partial charge in [-0.25, -0.2) is 0 Å². The minimum Gasteiger partial charge on any atom is -0.469 e. The number of para-hydroxylation sites is 1. The van der Waals surface area contributed by atoms with Crippen molar-refractivity contribution in [2.24, 2.45) is 0 Å². The number of hydrogen-bond donors (Lipinski definition) is 2. The van der Waals surface area contributed by atoms with Crippen LogP contribution >= 0.6 is 0 Å². The van der Waals surface area contributed by atoms with E-state index in [0.29, 0.717) is 16.8 Å². The summed E-state index contributed by atoms with van der Waals surface area (Å²) in [6.07, 6.45) is -0.00924. The molecule has 6 nitrogen and oxygen atoms in total. The van der Waals surface area contributed by atoms with E-state index in [1.807, 2.05) is 18.2 Å². The lowest BCUT2D eigenvalue weighted by Gasteiger charge is -2.15. The third-order valence-electron chi connectivity index (χ3n) is 3.61. The van der Waals surface area contributed by atoms with Gasteiger partial charge in [-0.15, -0.1) is 0 Å². The van der Waals surface area contributed by atoms with Crippen LogP contribution in [0.25, 0.3) is 0 Å². The van der Waals surface area contributed by atoms with Crippen LogP contribution < -0.4 is 10.6 Å². The van der Waals surface area contributed by atoms with Crippen molar-refractivity contribution in [3.63, 3.8) is 0 Å². The van der Waals surface area contributed by atoms with E-state index >= 15 is 0 Å². The van der Waals surface area contributed by atoms with Crippen molar-refractivity contribution in [3.8, 4) is 0 Å². The fourth-order valence-electron chi connectivity index (χ4n) is 2.24. The van der Waals surface area contributed by atoms with Gasteiger partial charge in [0.1, 0.15) is 6.04 Å². The van der Waals surface area contributed by atoms with Gasteiger partial charge in [-0.05, 0) is 30.7 Å². The Morgan fingerprint density at radius 1 is 1.00 bits per heavy atom. The van der Waals surface area contributed by atoms with Crippen LogP contribution in [0, 0.1) is 0 Å². The highest BCUT2D eigenvalue weighted by molar-refractivity contribution is 6.02. The molecule has 0 saturated carbocycles. The van der Waals surface area contributed by atoms with E-state index in [1.54, 1.807) is 43.3 Å². The van der Waals surface area contributed by atoms with E-state index in [-0.39, 0.29) is 12.3 Å². The number of anilines is 1. The van der Waals surface area contributed by atoms with Gasteiger partial charge in [0.15, 0.2) is 0 Å². The minimum absolute atomic E-state index is 0.00924. The largest absolute Gasteiger partial charge is 0.469 e. The van der Waals surface area contributed by atoms with Crippen LogP contribution in [0.4, 0.5) is 5.69 Å². The van der Waals surface area contributed by atoms with Crippen LogP contribution in [0.1, 0.15) is 22.8 Å². The van der Waals surface area contributed by atoms with Crippen LogP contribution in [-0.4, -0.2) is 30.9 Å². The van der Waals surface area contributed by atoms with Crippen LogP contribution in [0.3, 0.4) is 0 Å².